The number of aryl methyl sites for hydroxylation is 1. The normalized spacial score (nSPS) is 15.8. The minimum atomic E-state index is -3.62. The molecule has 2 aromatic carbocycles. The van der Waals surface area contributed by atoms with E-state index in [4.69, 9.17) is 0 Å². The van der Waals surface area contributed by atoms with Crippen LogP contribution >= 0.6 is 0 Å². The van der Waals surface area contributed by atoms with Gasteiger partial charge in [0.1, 0.15) is 5.84 Å². The number of aliphatic imine (C=N–C) groups is 1. The quantitative estimate of drug-likeness (QED) is 0.597. The van der Waals surface area contributed by atoms with Gasteiger partial charge in [-0.05, 0) is 24.6 Å². The summed E-state index contributed by atoms with van der Waals surface area (Å²) >= 11 is 0. The number of non-ortho nitro benzene ring substituents is 1. The first kappa shape index (κ1) is 18.5. The molecule has 10 heteroatoms. The van der Waals surface area contributed by atoms with Crippen LogP contribution in [0.5, 0.6) is 0 Å². The molecule has 0 fully saturated rings. The van der Waals surface area contributed by atoms with E-state index in [2.05, 4.69) is 15.0 Å². The van der Waals surface area contributed by atoms with Gasteiger partial charge in [-0.15, -0.1) is 0 Å². The molecule has 0 aromatic heterocycles. The zero-order chi connectivity index (χ0) is 19.6. The third-order valence-electron chi connectivity index (χ3n) is 3.98. The average Bonchev–Trinajstić information content (AvgIpc) is 2.88. The van der Waals surface area contributed by atoms with Gasteiger partial charge >= 0.3 is 0 Å². The molecule has 0 atom stereocenters. The van der Waals surface area contributed by atoms with Crippen LogP contribution in [0.25, 0.3) is 0 Å². The highest BCUT2D eigenvalue weighted by Gasteiger charge is 2.29. The molecule has 0 spiro atoms. The van der Waals surface area contributed by atoms with E-state index in [1.165, 1.54) is 18.2 Å². The molecule has 2 aromatic rings. The van der Waals surface area contributed by atoms with Crippen molar-refractivity contribution in [2.24, 2.45) is 4.99 Å². The number of sulfonamides is 1. The van der Waals surface area contributed by atoms with Crippen molar-refractivity contribution < 1.29 is 18.1 Å². The van der Waals surface area contributed by atoms with Gasteiger partial charge in [0.25, 0.3) is 15.7 Å². The van der Waals surface area contributed by atoms with Crippen molar-refractivity contribution in [3.05, 3.63) is 63.7 Å². The van der Waals surface area contributed by atoms with Crippen LogP contribution in [0.1, 0.15) is 17.5 Å². The van der Waals surface area contributed by atoms with Crippen molar-refractivity contribution in [2.75, 3.05) is 11.9 Å². The maximum absolute atomic E-state index is 12.1. The third-order valence-corrected chi connectivity index (χ3v) is 5.37. The molecule has 1 aliphatic heterocycles. The maximum Gasteiger partial charge on any atom is 0.271 e. The zero-order valence-corrected chi connectivity index (χ0v) is 15.1. The minimum absolute atomic E-state index is 0.00444. The highest BCUT2D eigenvalue weighted by atomic mass is 32.2. The molecule has 140 valence electrons. The molecule has 1 heterocycles. The van der Waals surface area contributed by atoms with E-state index in [0.29, 0.717) is 16.8 Å². The van der Waals surface area contributed by atoms with Crippen molar-refractivity contribution in [1.82, 2.24) is 4.72 Å². The fraction of sp³-hybridized carbons (Fsp3) is 0.176. The van der Waals surface area contributed by atoms with Gasteiger partial charge in [0.15, 0.2) is 0 Å². The van der Waals surface area contributed by atoms with E-state index in [0.717, 1.165) is 0 Å². The van der Waals surface area contributed by atoms with Crippen LogP contribution in [-0.2, 0) is 14.8 Å². The summed E-state index contributed by atoms with van der Waals surface area (Å²) in [4.78, 5) is 26.7. The first-order chi connectivity index (χ1) is 12.8. The molecule has 2 N–H and O–H groups in total. The summed E-state index contributed by atoms with van der Waals surface area (Å²) in [7, 11) is -3.62. The molecule has 1 amide bonds. The number of benzene rings is 2. The molecule has 0 bridgehead atoms. The fourth-order valence-electron chi connectivity index (χ4n) is 2.59. The standard InChI is InChI=1S/C17H16N4O5S/c1-11-6-7-12(21(23)24)10-14(11)19-16(22)8-9-18-17-13-4-2-3-5-15(13)27(25,26)20-17/h2-7,10H,8-9H2,1H3,(H,18,20)(H,19,22). The van der Waals surface area contributed by atoms with Gasteiger partial charge in [-0.25, -0.2) is 8.42 Å². The summed E-state index contributed by atoms with van der Waals surface area (Å²) in [5.41, 5.74) is 1.40. The Morgan fingerprint density at radius 1 is 1.26 bits per heavy atom. The number of hydrogen-bond acceptors (Lipinski definition) is 6. The molecular weight excluding hydrogens is 372 g/mol. The predicted molar refractivity (Wildman–Crippen MR) is 99.2 cm³/mol. The average molecular weight is 388 g/mol. The molecular formula is C17H16N4O5S. The minimum Gasteiger partial charge on any atom is -0.326 e. The maximum atomic E-state index is 12.1. The number of carbonyl (C=O) groups is 1. The summed E-state index contributed by atoms with van der Waals surface area (Å²) in [6, 6.07) is 10.7. The Morgan fingerprint density at radius 2 is 2.00 bits per heavy atom. The Hall–Kier alpha value is -3.27. The van der Waals surface area contributed by atoms with E-state index in [1.54, 1.807) is 31.2 Å². The second kappa shape index (κ2) is 7.16. The number of carbonyl (C=O) groups excluding carboxylic acids is 1. The van der Waals surface area contributed by atoms with Gasteiger partial charge in [0.2, 0.25) is 5.91 Å². The van der Waals surface area contributed by atoms with Crippen molar-refractivity contribution in [2.45, 2.75) is 18.2 Å². The summed E-state index contributed by atoms with van der Waals surface area (Å²) in [5.74, 6) is -0.179. The Morgan fingerprint density at radius 3 is 2.74 bits per heavy atom. The summed E-state index contributed by atoms with van der Waals surface area (Å²) in [5, 5.41) is 13.5. The Balaban J connectivity index is 1.67. The second-order valence-electron chi connectivity index (χ2n) is 5.89. The molecule has 0 aliphatic carbocycles. The van der Waals surface area contributed by atoms with E-state index in [-0.39, 0.29) is 35.3 Å². The molecule has 0 saturated carbocycles. The van der Waals surface area contributed by atoms with Crippen LogP contribution in [0.3, 0.4) is 0 Å². The zero-order valence-electron chi connectivity index (χ0n) is 14.3. The summed E-state index contributed by atoms with van der Waals surface area (Å²) in [6.45, 7) is 1.79. The summed E-state index contributed by atoms with van der Waals surface area (Å²) < 4.78 is 26.4. The predicted octanol–water partition coefficient (Wildman–Crippen LogP) is 1.97. The lowest BCUT2D eigenvalue weighted by atomic mass is 10.1. The number of amidine groups is 1. The van der Waals surface area contributed by atoms with Crippen LogP contribution in [0, 0.1) is 17.0 Å². The summed E-state index contributed by atoms with van der Waals surface area (Å²) in [6.07, 6.45) is -0.00444. The van der Waals surface area contributed by atoms with E-state index < -0.39 is 14.9 Å². The number of nitro groups is 1. The van der Waals surface area contributed by atoms with Gasteiger partial charge in [-0.1, -0.05) is 18.2 Å². The van der Waals surface area contributed by atoms with Gasteiger partial charge in [0, 0.05) is 24.1 Å². The molecule has 0 unspecified atom stereocenters. The van der Waals surface area contributed by atoms with Crippen LogP contribution < -0.4 is 10.0 Å². The number of nitrogens with zero attached hydrogens (tertiary/aromatic N) is 2. The molecule has 1 aliphatic rings. The first-order valence-corrected chi connectivity index (χ1v) is 9.48. The van der Waals surface area contributed by atoms with Crippen LogP contribution in [-0.4, -0.2) is 31.6 Å². The Labute approximate surface area is 155 Å². The first-order valence-electron chi connectivity index (χ1n) is 7.99. The highest BCUT2D eigenvalue weighted by Crippen LogP contribution is 2.23. The van der Waals surface area contributed by atoms with E-state index >= 15 is 0 Å². The topological polar surface area (TPSA) is 131 Å². The highest BCUT2D eigenvalue weighted by molar-refractivity contribution is 7.90. The molecule has 3 rings (SSSR count). The fourth-order valence-corrected chi connectivity index (χ4v) is 3.84. The van der Waals surface area contributed by atoms with Crippen molar-refractivity contribution in [3.8, 4) is 0 Å². The number of nitro benzene ring substituents is 1. The SMILES string of the molecule is Cc1ccc([N+](=O)[O-])cc1NC(=O)CCN=C1NS(=O)(=O)c2ccccc21. The monoisotopic (exact) mass is 388 g/mol. The van der Waals surface area contributed by atoms with E-state index in [9.17, 15) is 23.3 Å². The van der Waals surface area contributed by atoms with Crippen LogP contribution in [0.4, 0.5) is 11.4 Å². The van der Waals surface area contributed by atoms with Gasteiger partial charge < -0.3 is 5.32 Å². The third kappa shape index (κ3) is 3.95. The van der Waals surface area contributed by atoms with Crippen molar-refractivity contribution in [3.63, 3.8) is 0 Å². The van der Waals surface area contributed by atoms with Crippen LogP contribution in [0.15, 0.2) is 52.4 Å². The molecule has 27 heavy (non-hydrogen) atoms. The Bertz CT molecular complexity index is 1060. The largest absolute Gasteiger partial charge is 0.326 e. The van der Waals surface area contributed by atoms with Crippen molar-refractivity contribution >= 4 is 33.1 Å². The van der Waals surface area contributed by atoms with E-state index in [1.807, 2.05) is 0 Å². The number of hydrogen-bond donors (Lipinski definition) is 2. The smallest absolute Gasteiger partial charge is 0.271 e. The number of amides is 1. The lowest BCUT2D eigenvalue weighted by molar-refractivity contribution is -0.384. The lowest BCUT2D eigenvalue weighted by Gasteiger charge is -2.07. The lowest BCUT2D eigenvalue weighted by Crippen LogP contribution is -2.23. The van der Waals surface area contributed by atoms with Gasteiger partial charge in [0.05, 0.1) is 22.1 Å². The molecule has 0 radical (unpaired) electrons. The number of anilines is 1. The van der Waals surface area contributed by atoms with Crippen molar-refractivity contribution in [1.29, 1.82) is 0 Å². The number of rotatable bonds is 5. The Kier molecular flexibility index (Phi) is 4.91. The van der Waals surface area contributed by atoms with Gasteiger partial charge in [-0.3, -0.25) is 24.6 Å². The molecule has 0 saturated heterocycles. The van der Waals surface area contributed by atoms with Gasteiger partial charge in [-0.2, -0.15) is 0 Å². The number of nitrogens with one attached hydrogen (secondary N) is 2. The number of fused-ring (bicyclic) bond motifs is 1. The second-order valence-corrected chi connectivity index (χ2v) is 7.54. The van der Waals surface area contributed by atoms with Crippen LogP contribution in [0.2, 0.25) is 0 Å². The molecule has 9 nitrogen and oxygen atoms in total.